The first kappa shape index (κ1) is 20.4. The third-order valence-corrected chi connectivity index (χ3v) is 4.89. The summed E-state index contributed by atoms with van der Waals surface area (Å²) in [5, 5.41) is 5.49. The molecule has 1 aromatic carbocycles. The minimum atomic E-state index is -0.614. The lowest BCUT2D eigenvalue weighted by molar-refractivity contribution is -0.116. The molecular formula is C20H30FN3O2. The first-order valence-electron chi connectivity index (χ1n) is 9.51. The van der Waals surface area contributed by atoms with Gasteiger partial charge in [0.1, 0.15) is 5.82 Å². The Bertz CT molecular complexity index is 627. The van der Waals surface area contributed by atoms with Gasteiger partial charge in [-0.15, -0.1) is 0 Å². The van der Waals surface area contributed by atoms with E-state index in [1.807, 2.05) is 13.8 Å². The third-order valence-electron chi connectivity index (χ3n) is 4.89. The molecule has 4 N–H and O–H groups in total. The summed E-state index contributed by atoms with van der Waals surface area (Å²) >= 11 is 0. The van der Waals surface area contributed by atoms with Crippen molar-refractivity contribution in [3.05, 3.63) is 29.6 Å². The van der Waals surface area contributed by atoms with Crippen LogP contribution in [0.5, 0.6) is 0 Å². The average molecular weight is 363 g/mol. The molecule has 144 valence electrons. The largest absolute Gasteiger partial charge is 0.348 e. The van der Waals surface area contributed by atoms with E-state index in [0.717, 1.165) is 31.7 Å². The maximum atomic E-state index is 14.3. The van der Waals surface area contributed by atoms with E-state index >= 15 is 0 Å². The smallest absolute Gasteiger partial charge is 0.251 e. The number of benzene rings is 1. The Balaban J connectivity index is 2.00. The number of rotatable bonds is 7. The molecule has 0 radical (unpaired) electrons. The Hall–Kier alpha value is -1.95. The summed E-state index contributed by atoms with van der Waals surface area (Å²) in [5.41, 5.74) is 6.17. The SMILES string of the molecule is CC(C)CC(=O)Nc1ccc(C(=O)NC(CN)C2CCCCC2)cc1F. The molecule has 1 aromatic rings. The van der Waals surface area contributed by atoms with Crippen molar-refractivity contribution in [3.8, 4) is 0 Å². The minimum Gasteiger partial charge on any atom is -0.348 e. The van der Waals surface area contributed by atoms with Gasteiger partial charge in [-0.05, 0) is 42.9 Å². The average Bonchev–Trinajstić information content (AvgIpc) is 2.61. The molecule has 0 heterocycles. The van der Waals surface area contributed by atoms with Crippen LogP contribution in [0, 0.1) is 17.7 Å². The van der Waals surface area contributed by atoms with Crippen LogP contribution in [0.15, 0.2) is 18.2 Å². The van der Waals surface area contributed by atoms with Gasteiger partial charge in [0, 0.05) is 24.6 Å². The zero-order chi connectivity index (χ0) is 19.1. The highest BCUT2D eigenvalue weighted by Crippen LogP contribution is 2.26. The number of amides is 2. The topological polar surface area (TPSA) is 84.2 Å². The van der Waals surface area contributed by atoms with E-state index in [1.165, 1.54) is 18.6 Å². The van der Waals surface area contributed by atoms with Crippen LogP contribution in [0.25, 0.3) is 0 Å². The van der Waals surface area contributed by atoms with Gasteiger partial charge in [0.15, 0.2) is 0 Å². The van der Waals surface area contributed by atoms with E-state index in [4.69, 9.17) is 5.73 Å². The van der Waals surface area contributed by atoms with Gasteiger partial charge in [-0.25, -0.2) is 4.39 Å². The molecule has 1 saturated carbocycles. The number of nitrogens with two attached hydrogens (primary N) is 1. The number of halogens is 1. The predicted octanol–water partition coefficient (Wildman–Crippen LogP) is 3.45. The fourth-order valence-electron chi connectivity index (χ4n) is 3.49. The number of carbonyl (C=O) groups is 2. The molecule has 26 heavy (non-hydrogen) atoms. The first-order chi connectivity index (χ1) is 12.4. The van der Waals surface area contributed by atoms with Crippen molar-refractivity contribution in [2.75, 3.05) is 11.9 Å². The maximum Gasteiger partial charge on any atom is 0.251 e. The molecule has 2 rings (SSSR count). The lowest BCUT2D eigenvalue weighted by Gasteiger charge is -2.30. The summed E-state index contributed by atoms with van der Waals surface area (Å²) in [5.74, 6) is -0.605. The Morgan fingerprint density at radius 3 is 2.50 bits per heavy atom. The number of carbonyl (C=O) groups excluding carboxylic acids is 2. The second-order valence-corrected chi connectivity index (χ2v) is 7.55. The molecular weight excluding hydrogens is 333 g/mol. The zero-order valence-corrected chi connectivity index (χ0v) is 15.7. The standard InChI is InChI=1S/C20H30FN3O2/c1-13(2)10-19(25)23-17-9-8-15(11-16(17)21)20(26)24-18(12-22)14-6-4-3-5-7-14/h8-9,11,13-14,18H,3-7,10,12,22H2,1-2H3,(H,23,25)(H,24,26). The summed E-state index contributed by atoms with van der Waals surface area (Å²) in [6, 6.07) is 4.03. The van der Waals surface area contributed by atoms with Crippen LogP contribution in [0.4, 0.5) is 10.1 Å². The van der Waals surface area contributed by atoms with Crippen LogP contribution in [0.2, 0.25) is 0 Å². The monoisotopic (exact) mass is 363 g/mol. The van der Waals surface area contributed by atoms with E-state index in [-0.39, 0.29) is 35.0 Å². The second kappa shape index (κ2) is 9.67. The fourth-order valence-corrected chi connectivity index (χ4v) is 3.49. The van der Waals surface area contributed by atoms with Gasteiger partial charge in [0.25, 0.3) is 5.91 Å². The van der Waals surface area contributed by atoms with Gasteiger partial charge < -0.3 is 16.4 Å². The number of hydrogen-bond acceptors (Lipinski definition) is 3. The molecule has 1 atom stereocenters. The quantitative estimate of drug-likeness (QED) is 0.694. The summed E-state index contributed by atoms with van der Waals surface area (Å²) in [6.45, 7) is 4.22. The van der Waals surface area contributed by atoms with Crippen molar-refractivity contribution >= 4 is 17.5 Å². The molecule has 1 aliphatic rings. The highest BCUT2D eigenvalue weighted by atomic mass is 19.1. The van der Waals surface area contributed by atoms with E-state index in [2.05, 4.69) is 10.6 Å². The van der Waals surface area contributed by atoms with Gasteiger partial charge in [0.05, 0.1) is 5.69 Å². The highest BCUT2D eigenvalue weighted by molar-refractivity contribution is 5.96. The Kier molecular flexibility index (Phi) is 7.57. The van der Waals surface area contributed by atoms with Crippen molar-refractivity contribution in [2.45, 2.75) is 58.4 Å². The maximum absolute atomic E-state index is 14.3. The van der Waals surface area contributed by atoms with Crippen LogP contribution in [-0.2, 0) is 4.79 Å². The normalized spacial score (nSPS) is 16.3. The Labute approximate surface area is 154 Å². The molecule has 0 spiro atoms. The predicted molar refractivity (Wildman–Crippen MR) is 101 cm³/mol. The molecule has 0 bridgehead atoms. The molecule has 1 unspecified atom stereocenters. The molecule has 5 nitrogen and oxygen atoms in total. The number of anilines is 1. The van der Waals surface area contributed by atoms with E-state index < -0.39 is 5.82 Å². The summed E-state index contributed by atoms with van der Waals surface area (Å²) in [6.07, 6.45) is 6.01. The van der Waals surface area contributed by atoms with Gasteiger partial charge in [-0.2, -0.15) is 0 Å². The van der Waals surface area contributed by atoms with E-state index in [1.54, 1.807) is 0 Å². The van der Waals surface area contributed by atoms with E-state index in [0.29, 0.717) is 18.9 Å². The summed E-state index contributed by atoms with van der Waals surface area (Å²) < 4.78 is 14.3. The van der Waals surface area contributed by atoms with Gasteiger partial charge in [-0.1, -0.05) is 33.1 Å². The van der Waals surface area contributed by atoms with Crippen molar-refractivity contribution in [1.29, 1.82) is 0 Å². The molecule has 0 aliphatic heterocycles. The molecule has 2 amide bonds. The minimum absolute atomic E-state index is 0.0868. The number of nitrogens with one attached hydrogen (secondary N) is 2. The Morgan fingerprint density at radius 2 is 1.92 bits per heavy atom. The molecule has 1 aliphatic carbocycles. The third kappa shape index (κ3) is 5.80. The van der Waals surface area contributed by atoms with E-state index in [9.17, 15) is 14.0 Å². The lowest BCUT2D eigenvalue weighted by atomic mass is 9.84. The fraction of sp³-hybridized carbons (Fsp3) is 0.600. The lowest BCUT2D eigenvalue weighted by Crippen LogP contribution is -2.45. The van der Waals surface area contributed by atoms with Crippen LogP contribution in [0.3, 0.4) is 0 Å². The van der Waals surface area contributed by atoms with Gasteiger partial charge >= 0.3 is 0 Å². The van der Waals surface area contributed by atoms with Crippen molar-refractivity contribution in [1.82, 2.24) is 5.32 Å². The number of hydrogen-bond donors (Lipinski definition) is 3. The second-order valence-electron chi connectivity index (χ2n) is 7.55. The van der Waals surface area contributed by atoms with Crippen LogP contribution in [0.1, 0.15) is 62.7 Å². The highest BCUT2D eigenvalue weighted by Gasteiger charge is 2.24. The van der Waals surface area contributed by atoms with Crippen molar-refractivity contribution < 1.29 is 14.0 Å². The van der Waals surface area contributed by atoms with Crippen molar-refractivity contribution in [2.24, 2.45) is 17.6 Å². The van der Waals surface area contributed by atoms with Crippen molar-refractivity contribution in [3.63, 3.8) is 0 Å². The van der Waals surface area contributed by atoms with Crippen LogP contribution >= 0.6 is 0 Å². The molecule has 0 aromatic heterocycles. The molecule has 0 saturated heterocycles. The van der Waals surface area contributed by atoms with Crippen LogP contribution < -0.4 is 16.4 Å². The summed E-state index contributed by atoms with van der Waals surface area (Å²) in [4.78, 5) is 24.2. The zero-order valence-electron chi connectivity index (χ0n) is 15.7. The van der Waals surface area contributed by atoms with Gasteiger partial charge in [-0.3, -0.25) is 9.59 Å². The Morgan fingerprint density at radius 1 is 1.23 bits per heavy atom. The van der Waals surface area contributed by atoms with Crippen LogP contribution in [-0.4, -0.2) is 24.4 Å². The van der Waals surface area contributed by atoms with Gasteiger partial charge in [0.2, 0.25) is 5.91 Å². The molecule has 6 heteroatoms. The first-order valence-corrected chi connectivity index (χ1v) is 9.51. The summed E-state index contributed by atoms with van der Waals surface area (Å²) in [7, 11) is 0. The molecule has 1 fully saturated rings.